The van der Waals surface area contributed by atoms with Gasteiger partial charge in [-0.2, -0.15) is 0 Å². The lowest BCUT2D eigenvalue weighted by atomic mass is 10.1. The van der Waals surface area contributed by atoms with Crippen molar-refractivity contribution in [1.29, 1.82) is 0 Å². The number of amides is 1. The van der Waals surface area contributed by atoms with Crippen molar-refractivity contribution >= 4 is 34.3 Å². The molecule has 4 nitrogen and oxygen atoms in total. The van der Waals surface area contributed by atoms with Gasteiger partial charge in [0.2, 0.25) is 5.91 Å². The zero-order chi connectivity index (χ0) is 20.2. The second-order valence-corrected chi connectivity index (χ2v) is 7.85. The van der Waals surface area contributed by atoms with Gasteiger partial charge < -0.3 is 9.73 Å². The first-order valence-electron chi connectivity index (χ1n) is 9.22. The number of benzene rings is 3. The van der Waals surface area contributed by atoms with E-state index >= 15 is 0 Å². The topological polar surface area (TPSA) is 59.3 Å². The number of hydrogen-bond acceptors (Lipinski definition) is 4. The van der Waals surface area contributed by atoms with Crippen molar-refractivity contribution in [3.63, 3.8) is 0 Å². The van der Waals surface area contributed by atoms with Gasteiger partial charge in [0.15, 0.2) is 0 Å². The molecule has 3 aromatic carbocycles. The zero-order valence-corrected chi connectivity index (χ0v) is 16.6. The summed E-state index contributed by atoms with van der Waals surface area (Å²) in [6, 6.07) is 26.3. The normalized spacial score (nSPS) is 11.9. The summed E-state index contributed by atoms with van der Waals surface area (Å²) < 4.78 is 5.29. The van der Waals surface area contributed by atoms with E-state index in [1.54, 1.807) is 6.07 Å². The van der Waals surface area contributed by atoms with Gasteiger partial charge in [-0.25, -0.2) is 4.79 Å². The summed E-state index contributed by atoms with van der Waals surface area (Å²) in [4.78, 5) is 25.9. The Bertz CT molecular complexity index is 1200. The Morgan fingerprint density at radius 2 is 1.62 bits per heavy atom. The van der Waals surface area contributed by atoms with Crippen LogP contribution in [0, 0.1) is 6.92 Å². The highest BCUT2D eigenvalue weighted by Gasteiger charge is 2.22. The first-order valence-corrected chi connectivity index (χ1v) is 10.1. The quantitative estimate of drug-likeness (QED) is 0.351. The molecule has 1 unspecified atom stereocenters. The molecule has 0 aliphatic carbocycles. The third-order valence-electron chi connectivity index (χ3n) is 4.56. The first-order chi connectivity index (χ1) is 14.1. The van der Waals surface area contributed by atoms with Gasteiger partial charge in [0.05, 0.1) is 0 Å². The molecule has 4 aromatic rings. The molecule has 0 fully saturated rings. The van der Waals surface area contributed by atoms with E-state index in [9.17, 15) is 9.59 Å². The van der Waals surface area contributed by atoms with Crippen LogP contribution >= 0.6 is 11.8 Å². The van der Waals surface area contributed by atoms with Crippen molar-refractivity contribution < 1.29 is 9.21 Å². The summed E-state index contributed by atoms with van der Waals surface area (Å²) in [6.45, 7) is 1.86. The van der Waals surface area contributed by atoms with Crippen LogP contribution in [0.3, 0.4) is 0 Å². The fourth-order valence-corrected chi connectivity index (χ4v) is 4.19. The Balaban J connectivity index is 1.64. The lowest BCUT2D eigenvalue weighted by Crippen LogP contribution is -2.19. The fraction of sp³-hybridized carbons (Fsp3) is 0.0833. The number of hydrogen-bond donors (Lipinski definition) is 1. The Hall–Kier alpha value is -3.31. The van der Waals surface area contributed by atoms with Crippen LogP contribution in [-0.4, -0.2) is 5.91 Å². The van der Waals surface area contributed by atoms with E-state index in [4.69, 9.17) is 4.42 Å². The van der Waals surface area contributed by atoms with Gasteiger partial charge in [0, 0.05) is 28.1 Å². The summed E-state index contributed by atoms with van der Waals surface area (Å²) in [5.74, 6) is -0.139. The number of aryl methyl sites for hydroxylation is 1. The molecule has 1 aromatic heterocycles. The Kier molecular flexibility index (Phi) is 5.49. The Labute approximate surface area is 172 Å². The average Bonchev–Trinajstić information content (AvgIpc) is 2.73. The minimum atomic E-state index is -0.418. The molecule has 0 saturated heterocycles. The van der Waals surface area contributed by atoms with E-state index in [1.807, 2.05) is 79.7 Å². The van der Waals surface area contributed by atoms with Crippen molar-refractivity contribution in [3.05, 3.63) is 106 Å². The molecule has 0 radical (unpaired) electrons. The predicted molar refractivity (Wildman–Crippen MR) is 117 cm³/mol. The maximum Gasteiger partial charge on any atom is 0.336 e. The maximum atomic E-state index is 13.2. The van der Waals surface area contributed by atoms with E-state index in [0.29, 0.717) is 11.3 Å². The highest BCUT2D eigenvalue weighted by molar-refractivity contribution is 8.00. The minimum Gasteiger partial charge on any atom is -0.423 e. The van der Waals surface area contributed by atoms with Crippen LogP contribution < -0.4 is 10.9 Å². The third-order valence-corrected chi connectivity index (χ3v) is 5.82. The molecule has 0 spiro atoms. The summed E-state index contributed by atoms with van der Waals surface area (Å²) in [7, 11) is 0. The fourth-order valence-electron chi connectivity index (χ4n) is 3.15. The molecule has 1 heterocycles. The SMILES string of the molecule is Cc1cc(=O)oc2cc(NC(=O)C(Sc3ccccc3)c3ccccc3)ccc12. The maximum absolute atomic E-state index is 13.2. The molecular formula is C24H19NO3S. The number of thioether (sulfide) groups is 1. The van der Waals surface area contributed by atoms with Gasteiger partial charge in [0.1, 0.15) is 10.8 Å². The van der Waals surface area contributed by atoms with Crippen molar-refractivity contribution in [2.75, 3.05) is 5.32 Å². The molecule has 1 amide bonds. The minimum absolute atomic E-state index is 0.139. The Morgan fingerprint density at radius 1 is 0.931 bits per heavy atom. The molecule has 0 aliphatic heterocycles. The largest absolute Gasteiger partial charge is 0.423 e. The first kappa shape index (κ1) is 19.0. The molecule has 4 rings (SSSR count). The van der Waals surface area contributed by atoms with E-state index in [-0.39, 0.29) is 5.91 Å². The summed E-state index contributed by atoms with van der Waals surface area (Å²) in [6.07, 6.45) is 0. The number of carbonyl (C=O) groups excluding carboxylic acids is 1. The molecule has 0 bridgehead atoms. The van der Waals surface area contributed by atoms with Gasteiger partial charge in [0.25, 0.3) is 0 Å². The summed E-state index contributed by atoms with van der Waals surface area (Å²) in [5, 5.41) is 3.40. The number of rotatable bonds is 5. The molecule has 5 heteroatoms. The zero-order valence-electron chi connectivity index (χ0n) is 15.8. The second-order valence-electron chi connectivity index (χ2n) is 6.67. The van der Waals surface area contributed by atoms with Crippen molar-refractivity contribution in [2.24, 2.45) is 0 Å². The van der Waals surface area contributed by atoms with Crippen molar-refractivity contribution in [3.8, 4) is 0 Å². The lowest BCUT2D eigenvalue weighted by molar-refractivity contribution is -0.115. The third kappa shape index (κ3) is 4.41. The number of carbonyl (C=O) groups is 1. The smallest absolute Gasteiger partial charge is 0.336 e. The molecular weight excluding hydrogens is 382 g/mol. The van der Waals surface area contributed by atoms with Gasteiger partial charge in [-0.3, -0.25) is 4.79 Å². The molecule has 0 aliphatic rings. The number of fused-ring (bicyclic) bond motifs is 1. The van der Waals surface area contributed by atoms with E-state index in [1.165, 1.54) is 17.8 Å². The Morgan fingerprint density at radius 3 is 2.34 bits per heavy atom. The van der Waals surface area contributed by atoms with Gasteiger partial charge in [-0.15, -0.1) is 11.8 Å². The lowest BCUT2D eigenvalue weighted by Gasteiger charge is -2.17. The summed E-state index contributed by atoms with van der Waals surface area (Å²) >= 11 is 1.49. The molecule has 1 atom stereocenters. The van der Waals surface area contributed by atoms with Gasteiger partial charge >= 0.3 is 5.63 Å². The summed E-state index contributed by atoms with van der Waals surface area (Å²) in [5.41, 5.74) is 2.41. The van der Waals surface area contributed by atoms with Crippen LogP contribution in [0.25, 0.3) is 11.0 Å². The van der Waals surface area contributed by atoms with Crippen LogP contribution in [0.4, 0.5) is 5.69 Å². The highest BCUT2D eigenvalue weighted by Crippen LogP contribution is 2.36. The highest BCUT2D eigenvalue weighted by atomic mass is 32.2. The molecule has 144 valence electrons. The number of nitrogens with one attached hydrogen (secondary N) is 1. The van der Waals surface area contributed by atoms with Gasteiger partial charge in [-0.1, -0.05) is 48.5 Å². The van der Waals surface area contributed by atoms with E-state index < -0.39 is 10.9 Å². The van der Waals surface area contributed by atoms with Crippen LogP contribution in [0.1, 0.15) is 16.4 Å². The number of anilines is 1. The van der Waals surface area contributed by atoms with E-state index in [0.717, 1.165) is 21.4 Å². The van der Waals surface area contributed by atoms with Crippen LogP contribution in [-0.2, 0) is 4.79 Å². The van der Waals surface area contributed by atoms with Crippen molar-refractivity contribution in [2.45, 2.75) is 17.1 Å². The van der Waals surface area contributed by atoms with Crippen LogP contribution in [0.15, 0.2) is 99.0 Å². The van der Waals surface area contributed by atoms with Gasteiger partial charge in [-0.05, 0) is 42.3 Å². The molecule has 0 saturated carbocycles. The monoisotopic (exact) mass is 401 g/mol. The predicted octanol–water partition coefficient (Wildman–Crippen LogP) is 5.57. The average molecular weight is 401 g/mol. The molecule has 29 heavy (non-hydrogen) atoms. The second kappa shape index (κ2) is 8.37. The standard InChI is InChI=1S/C24H19NO3S/c1-16-14-22(26)28-21-15-18(12-13-20(16)21)25-24(27)23(17-8-4-2-5-9-17)29-19-10-6-3-7-11-19/h2-15,23H,1H3,(H,25,27). The van der Waals surface area contributed by atoms with Crippen LogP contribution in [0.2, 0.25) is 0 Å². The van der Waals surface area contributed by atoms with Crippen molar-refractivity contribution in [1.82, 2.24) is 0 Å². The van der Waals surface area contributed by atoms with Crippen LogP contribution in [0.5, 0.6) is 0 Å². The van der Waals surface area contributed by atoms with E-state index in [2.05, 4.69) is 5.32 Å². The molecule has 1 N–H and O–H groups in total.